The van der Waals surface area contributed by atoms with Gasteiger partial charge in [0.25, 0.3) is 0 Å². The first-order valence-electron chi connectivity index (χ1n) is 5.16. The van der Waals surface area contributed by atoms with Gasteiger partial charge in [-0.25, -0.2) is 8.78 Å². The van der Waals surface area contributed by atoms with Gasteiger partial charge in [0.2, 0.25) is 0 Å². The van der Waals surface area contributed by atoms with Gasteiger partial charge < -0.3 is 5.73 Å². The van der Waals surface area contributed by atoms with E-state index in [9.17, 15) is 8.78 Å². The van der Waals surface area contributed by atoms with Crippen LogP contribution in [0.2, 0.25) is 0 Å². The summed E-state index contributed by atoms with van der Waals surface area (Å²) in [6.07, 6.45) is 0. The molecule has 1 aromatic heterocycles. The monoisotopic (exact) mass is 349 g/mol. The second-order valence-corrected chi connectivity index (χ2v) is 6.72. The van der Waals surface area contributed by atoms with E-state index in [0.717, 1.165) is 15.4 Å². The minimum atomic E-state index is -0.831. The van der Waals surface area contributed by atoms with Gasteiger partial charge in [0.05, 0.1) is 5.25 Å². The van der Waals surface area contributed by atoms with Crippen LogP contribution >= 0.6 is 39.0 Å². The molecule has 0 amide bonds. The molecule has 18 heavy (non-hydrogen) atoms. The lowest BCUT2D eigenvalue weighted by atomic mass is 10.3. The van der Waals surface area contributed by atoms with Crippen molar-refractivity contribution < 1.29 is 8.78 Å². The first-order chi connectivity index (χ1) is 8.60. The highest BCUT2D eigenvalue weighted by Gasteiger charge is 2.14. The van der Waals surface area contributed by atoms with Crippen LogP contribution in [0.1, 0.15) is 10.1 Å². The molecule has 0 radical (unpaired) electrons. The van der Waals surface area contributed by atoms with Crippen LogP contribution in [0.4, 0.5) is 8.78 Å². The molecule has 0 bridgehead atoms. The molecule has 0 saturated carbocycles. The molecule has 1 unspecified atom stereocenters. The van der Waals surface area contributed by atoms with Gasteiger partial charge in [-0.1, -0.05) is 0 Å². The van der Waals surface area contributed by atoms with Crippen molar-refractivity contribution >= 4 is 39.0 Å². The van der Waals surface area contributed by atoms with E-state index in [1.54, 1.807) is 17.4 Å². The third-order valence-electron chi connectivity index (χ3n) is 2.29. The molecule has 1 atom stereocenters. The average molecular weight is 350 g/mol. The van der Waals surface area contributed by atoms with Gasteiger partial charge in [0.15, 0.2) is 11.6 Å². The van der Waals surface area contributed by atoms with Crippen LogP contribution in [0.25, 0.3) is 0 Å². The summed E-state index contributed by atoms with van der Waals surface area (Å²) in [4.78, 5) is 1.79. The Balaban J connectivity index is 2.17. The smallest absolute Gasteiger partial charge is 0.159 e. The number of halogens is 3. The molecule has 1 heterocycles. The Kier molecular flexibility index (Phi) is 4.77. The van der Waals surface area contributed by atoms with Gasteiger partial charge in [0, 0.05) is 26.2 Å². The Morgan fingerprint density at radius 2 is 2.06 bits per heavy atom. The topological polar surface area (TPSA) is 26.0 Å². The van der Waals surface area contributed by atoms with Crippen molar-refractivity contribution in [2.75, 3.05) is 6.54 Å². The van der Waals surface area contributed by atoms with Gasteiger partial charge >= 0.3 is 0 Å². The van der Waals surface area contributed by atoms with Gasteiger partial charge in [-0.3, -0.25) is 0 Å². The van der Waals surface area contributed by atoms with Crippen molar-refractivity contribution in [2.45, 2.75) is 10.1 Å². The van der Waals surface area contributed by atoms with Crippen LogP contribution in [0.15, 0.2) is 39.0 Å². The number of benzene rings is 1. The number of thioether (sulfide) groups is 1. The summed E-state index contributed by atoms with van der Waals surface area (Å²) in [5.74, 6) is -1.66. The highest BCUT2D eigenvalue weighted by atomic mass is 79.9. The Hall–Kier alpha value is -0.430. The molecule has 0 spiro atoms. The number of thiophene rings is 1. The maximum atomic E-state index is 13.1. The fourth-order valence-electron chi connectivity index (χ4n) is 1.43. The lowest BCUT2D eigenvalue weighted by Gasteiger charge is -2.12. The molecule has 2 rings (SSSR count). The Morgan fingerprint density at radius 3 is 2.61 bits per heavy atom. The van der Waals surface area contributed by atoms with Crippen molar-refractivity contribution in [3.63, 3.8) is 0 Å². The minimum Gasteiger partial charge on any atom is -0.329 e. The molecular formula is C12H10BrF2NS2. The molecular weight excluding hydrogens is 340 g/mol. The molecule has 1 aromatic carbocycles. The van der Waals surface area contributed by atoms with E-state index >= 15 is 0 Å². The zero-order valence-corrected chi connectivity index (χ0v) is 12.4. The third-order valence-corrected chi connectivity index (χ3v) is 5.50. The molecule has 6 heteroatoms. The largest absolute Gasteiger partial charge is 0.329 e. The summed E-state index contributed by atoms with van der Waals surface area (Å²) in [5.41, 5.74) is 5.73. The molecule has 1 nitrogen and oxygen atoms in total. The fraction of sp³-hybridized carbons (Fsp3) is 0.167. The second-order valence-electron chi connectivity index (χ2n) is 3.59. The van der Waals surface area contributed by atoms with Crippen LogP contribution < -0.4 is 5.73 Å². The van der Waals surface area contributed by atoms with Gasteiger partial charge in [-0.2, -0.15) is 0 Å². The molecule has 0 fully saturated rings. The molecule has 96 valence electrons. The van der Waals surface area contributed by atoms with E-state index in [4.69, 9.17) is 5.73 Å². The van der Waals surface area contributed by atoms with Gasteiger partial charge in [-0.05, 0) is 40.2 Å². The first-order valence-corrected chi connectivity index (χ1v) is 7.71. The lowest BCUT2D eigenvalue weighted by Crippen LogP contribution is -2.07. The highest BCUT2D eigenvalue weighted by Crippen LogP contribution is 2.38. The second kappa shape index (κ2) is 6.14. The Bertz CT molecular complexity index is 545. The molecule has 2 N–H and O–H groups in total. The normalized spacial score (nSPS) is 12.7. The summed E-state index contributed by atoms with van der Waals surface area (Å²) in [5, 5.41) is 2.02. The van der Waals surface area contributed by atoms with E-state index in [-0.39, 0.29) is 5.25 Å². The molecule has 0 aliphatic heterocycles. The van der Waals surface area contributed by atoms with Gasteiger partial charge in [-0.15, -0.1) is 23.1 Å². The summed E-state index contributed by atoms with van der Waals surface area (Å²) >= 11 is 6.42. The quantitative estimate of drug-likeness (QED) is 0.817. The maximum Gasteiger partial charge on any atom is 0.159 e. The van der Waals surface area contributed by atoms with E-state index in [0.29, 0.717) is 11.4 Å². The fourth-order valence-corrected chi connectivity index (χ4v) is 4.11. The molecule has 0 saturated heterocycles. The zero-order valence-electron chi connectivity index (χ0n) is 9.20. The van der Waals surface area contributed by atoms with Crippen LogP contribution in [0.3, 0.4) is 0 Å². The number of hydrogen-bond donors (Lipinski definition) is 1. The average Bonchev–Trinajstić information content (AvgIpc) is 2.77. The van der Waals surface area contributed by atoms with Crippen molar-refractivity contribution in [2.24, 2.45) is 5.73 Å². The van der Waals surface area contributed by atoms with Crippen molar-refractivity contribution in [3.8, 4) is 0 Å². The lowest BCUT2D eigenvalue weighted by molar-refractivity contribution is 0.506. The van der Waals surface area contributed by atoms with Gasteiger partial charge in [0.1, 0.15) is 0 Å². The standard InChI is InChI=1S/C12H10BrF2NS2/c13-7-3-11(17-6-7)12(5-16)18-8-1-2-9(14)10(15)4-8/h1-4,6,12H,5,16H2. The first kappa shape index (κ1) is 14.0. The van der Waals surface area contributed by atoms with Crippen LogP contribution in [0, 0.1) is 11.6 Å². The highest BCUT2D eigenvalue weighted by molar-refractivity contribution is 9.10. The van der Waals surface area contributed by atoms with E-state index in [1.165, 1.54) is 17.8 Å². The van der Waals surface area contributed by atoms with Crippen molar-refractivity contribution in [3.05, 3.63) is 50.6 Å². The number of hydrogen-bond acceptors (Lipinski definition) is 3. The summed E-state index contributed by atoms with van der Waals surface area (Å²) in [7, 11) is 0. The van der Waals surface area contributed by atoms with E-state index in [2.05, 4.69) is 15.9 Å². The number of nitrogens with two attached hydrogens (primary N) is 1. The molecule has 0 aliphatic carbocycles. The van der Waals surface area contributed by atoms with Crippen molar-refractivity contribution in [1.82, 2.24) is 0 Å². The van der Waals surface area contributed by atoms with E-state index in [1.807, 2.05) is 11.4 Å². The molecule has 2 aromatic rings. The van der Waals surface area contributed by atoms with Crippen LogP contribution in [0.5, 0.6) is 0 Å². The Labute approximate surface area is 121 Å². The number of rotatable bonds is 4. The van der Waals surface area contributed by atoms with E-state index < -0.39 is 11.6 Å². The van der Waals surface area contributed by atoms with Crippen LogP contribution in [-0.4, -0.2) is 6.54 Å². The molecule has 0 aliphatic rings. The minimum absolute atomic E-state index is 0.0474. The predicted molar refractivity (Wildman–Crippen MR) is 76.0 cm³/mol. The predicted octanol–water partition coefficient (Wildman–Crippen LogP) is 4.58. The third kappa shape index (κ3) is 3.32. The maximum absolute atomic E-state index is 13.1. The summed E-state index contributed by atoms with van der Waals surface area (Å²) < 4.78 is 27.0. The zero-order chi connectivity index (χ0) is 13.1. The summed E-state index contributed by atoms with van der Waals surface area (Å²) in [6, 6.07) is 5.89. The van der Waals surface area contributed by atoms with Crippen molar-refractivity contribution in [1.29, 1.82) is 0 Å². The Morgan fingerprint density at radius 1 is 1.28 bits per heavy atom. The summed E-state index contributed by atoms with van der Waals surface area (Å²) in [6.45, 7) is 0.441. The van der Waals surface area contributed by atoms with Crippen LogP contribution in [-0.2, 0) is 0 Å². The SMILES string of the molecule is NCC(Sc1ccc(F)c(F)c1)c1cc(Br)cs1.